The third-order valence-corrected chi connectivity index (χ3v) is 7.15. The highest BCUT2D eigenvalue weighted by molar-refractivity contribution is 7.89. The summed E-state index contributed by atoms with van der Waals surface area (Å²) in [5, 5.41) is 4.06. The minimum atomic E-state index is -3.54. The second-order valence-electron chi connectivity index (χ2n) is 6.29. The number of nitrogens with zero attached hydrogens (tertiary/aromatic N) is 3. The quantitative estimate of drug-likeness (QED) is 0.920. The first kappa shape index (κ1) is 14.8. The summed E-state index contributed by atoms with van der Waals surface area (Å²) in [4.78, 5) is 0.204. The Morgan fingerprint density at radius 2 is 1.86 bits per heavy atom. The van der Waals surface area contributed by atoms with Gasteiger partial charge in [0.1, 0.15) is 4.90 Å². The van der Waals surface area contributed by atoms with Crippen molar-refractivity contribution in [1.82, 2.24) is 14.1 Å². The molecule has 0 bridgehead atoms. The Kier molecular flexibility index (Phi) is 3.73. The van der Waals surface area contributed by atoms with Gasteiger partial charge in [0, 0.05) is 19.6 Å². The van der Waals surface area contributed by atoms with Crippen LogP contribution in [0.4, 0.5) is 5.82 Å². The molecule has 0 aromatic carbocycles. The Hall–Kier alpha value is -1.08. The molecule has 1 aliphatic carbocycles. The summed E-state index contributed by atoms with van der Waals surface area (Å²) in [6.07, 6.45) is 6.67. The van der Waals surface area contributed by atoms with Crippen molar-refractivity contribution in [1.29, 1.82) is 0 Å². The largest absolute Gasteiger partial charge is 0.381 e. The summed E-state index contributed by atoms with van der Waals surface area (Å²) in [7, 11) is -1.82. The van der Waals surface area contributed by atoms with Gasteiger partial charge >= 0.3 is 0 Å². The van der Waals surface area contributed by atoms with Gasteiger partial charge in [-0.05, 0) is 38.5 Å². The van der Waals surface area contributed by atoms with Gasteiger partial charge in [0.25, 0.3) is 0 Å². The molecule has 1 atom stereocenters. The molecule has 6 nitrogen and oxygen atoms in total. The van der Waals surface area contributed by atoms with Crippen molar-refractivity contribution in [2.45, 2.75) is 56.4 Å². The van der Waals surface area contributed by atoms with Crippen LogP contribution in [-0.2, 0) is 17.1 Å². The van der Waals surface area contributed by atoms with E-state index in [1.807, 2.05) is 0 Å². The van der Waals surface area contributed by atoms with Crippen LogP contribution < -0.4 is 5.73 Å². The maximum absolute atomic E-state index is 13.0. The number of anilines is 1. The Bertz CT molecular complexity index is 632. The zero-order valence-corrected chi connectivity index (χ0v) is 13.6. The first-order valence-corrected chi connectivity index (χ1v) is 9.18. The Morgan fingerprint density at radius 3 is 2.43 bits per heavy atom. The van der Waals surface area contributed by atoms with E-state index in [-0.39, 0.29) is 16.8 Å². The average Bonchev–Trinajstić information content (AvgIpc) is 3.11. The Balaban J connectivity index is 1.97. The maximum Gasteiger partial charge on any atom is 0.248 e. The lowest BCUT2D eigenvalue weighted by Gasteiger charge is -2.28. The highest BCUT2D eigenvalue weighted by Crippen LogP contribution is 2.39. The van der Waals surface area contributed by atoms with E-state index < -0.39 is 10.0 Å². The summed E-state index contributed by atoms with van der Waals surface area (Å²) in [6.45, 7) is 2.37. The van der Waals surface area contributed by atoms with Crippen molar-refractivity contribution in [2.24, 2.45) is 13.0 Å². The highest BCUT2D eigenvalue weighted by atomic mass is 32.2. The summed E-state index contributed by atoms with van der Waals surface area (Å²) < 4.78 is 29.3. The van der Waals surface area contributed by atoms with Crippen molar-refractivity contribution in [3.63, 3.8) is 0 Å². The molecule has 0 amide bonds. The van der Waals surface area contributed by atoms with Crippen LogP contribution in [0.1, 0.15) is 44.2 Å². The molecule has 3 rings (SSSR count). The van der Waals surface area contributed by atoms with Gasteiger partial charge in [-0.25, -0.2) is 8.42 Å². The smallest absolute Gasteiger partial charge is 0.248 e. The third-order valence-electron chi connectivity index (χ3n) is 5.06. The SMILES string of the molecule is Cc1c(S(=O)(=O)N2CCCC2C2CCCC2)c(N)nn1C. The molecule has 2 aliphatic rings. The lowest BCUT2D eigenvalue weighted by molar-refractivity contribution is 0.288. The minimum Gasteiger partial charge on any atom is -0.381 e. The second-order valence-corrected chi connectivity index (χ2v) is 8.12. The molecule has 1 aromatic heterocycles. The van der Waals surface area contributed by atoms with Gasteiger partial charge in [-0.15, -0.1) is 0 Å². The summed E-state index contributed by atoms with van der Waals surface area (Å²) in [6, 6.07) is 0.150. The number of hydrogen-bond acceptors (Lipinski definition) is 4. The van der Waals surface area contributed by atoms with Gasteiger partial charge < -0.3 is 5.73 Å². The molecule has 1 saturated carbocycles. The van der Waals surface area contributed by atoms with Crippen molar-refractivity contribution in [2.75, 3.05) is 12.3 Å². The Labute approximate surface area is 126 Å². The van der Waals surface area contributed by atoms with Crippen LogP contribution in [0.2, 0.25) is 0 Å². The number of nitrogens with two attached hydrogens (primary N) is 1. The fourth-order valence-corrected chi connectivity index (χ4v) is 5.98. The summed E-state index contributed by atoms with van der Waals surface area (Å²) >= 11 is 0. The molecule has 2 N–H and O–H groups in total. The number of nitrogen functional groups attached to an aromatic ring is 1. The number of hydrogen-bond donors (Lipinski definition) is 1. The molecule has 2 heterocycles. The molecular weight excluding hydrogens is 288 g/mol. The van der Waals surface area contributed by atoms with Gasteiger partial charge in [0.15, 0.2) is 5.82 Å². The van der Waals surface area contributed by atoms with Crippen LogP contribution in [0, 0.1) is 12.8 Å². The number of sulfonamides is 1. The number of aryl methyl sites for hydroxylation is 1. The second kappa shape index (κ2) is 5.28. The van der Waals surface area contributed by atoms with E-state index in [4.69, 9.17) is 5.73 Å². The van der Waals surface area contributed by atoms with Gasteiger partial charge in [-0.2, -0.15) is 9.40 Å². The molecule has 2 fully saturated rings. The van der Waals surface area contributed by atoms with Crippen LogP contribution >= 0.6 is 0 Å². The first-order chi connectivity index (χ1) is 9.93. The minimum absolute atomic E-state index is 0.118. The van der Waals surface area contributed by atoms with Crippen LogP contribution in [0.25, 0.3) is 0 Å². The maximum atomic E-state index is 13.0. The summed E-state index contributed by atoms with van der Waals surface area (Å²) in [5.41, 5.74) is 6.47. The van der Waals surface area contributed by atoms with Crippen LogP contribution in [0.15, 0.2) is 4.90 Å². The summed E-state index contributed by atoms with van der Waals surface area (Å²) in [5.74, 6) is 0.632. The fraction of sp³-hybridized carbons (Fsp3) is 0.786. The van der Waals surface area contributed by atoms with Crippen LogP contribution in [-0.4, -0.2) is 35.1 Å². The van der Waals surface area contributed by atoms with Crippen LogP contribution in [0.3, 0.4) is 0 Å². The molecule has 7 heteroatoms. The molecule has 1 aromatic rings. The van der Waals surface area contributed by atoms with Gasteiger partial charge in [-0.1, -0.05) is 12.8 Å². The van der Waals surface area contributed by atoms with E-state index in [0.717, 1.165) is 25.7 Å². The van der Waals surface area contributed by atoms with Gasteiger partial charge in [0.05, 0.1) is 5.69 Å². The van der Waals surface area contributed by atoms with Crippen molar-refractivity contribution < 1.29 is 8.42 Å². The van der Waals surface area contributed by atoms with Crippen molar-refractivity contribution in [3.05, 3.63) is 5.69 Å². The van der Waals surface area contributed by atoms with E-state index in [0.29, 0.717) is 18.2 Å². The molecule has 21 heavy (non-hydrogen) atoms. The van der Waals surface area contributed by atoms with Gasteiger partial charge in [0.2, 0.25) is 10.0 Å². The van der Waals surface area contributed by atoms with E-state index in [1.54, 1.807) is 23.0 Å². The lowest BCUT2D eigenvalue weighted by atomic mass is 9.97. The first-order valence-electron chi connectivity index (χ1n) is 7.74. The molecule has 1 unspecified atom stereocenters. The van der Waals surface area contributed by atoms with E-state index in [1.165, 1.54) is 12.8 Å². The molecular formula is C14H24N4O2S. The Morgan fingerprint density at radius 1 is 1.19 bits per heavy atom. The third kappa shape index (κ3) is 2.36. The van der Waals surface area contributed by atoms with E-state index in [2.05, 4.69) is 5.10 Å². The zero-order valence-electron chi connectivity index (χ0n) is 12.7. The highest BCUT2D eigenvalue weighted by Gasteiger charge is 2.42. The molecule has 1 saturated heterocycles. The lowest BCUT2D eigenvalue weighted by Crippen LogP contribution is -2.39. The molecule has 0 spiro atoms. The predicted octanol–water partition coefficient (Wildman–Crippen LogP) is 1.65. The average molecular weight is 312 g/mol. The molecule has 0 radical (unpaired) electrons. The van der Waals surface area contributed by atoms with Gasteiger partial charge in [-0.3, -0.25) is 4.68 Å². The van der Waals surface area contributed by atoms with Crippen molar-refractivity contribution in [3.8, 4) is 0 Å². The molecule has 118 valence electrons. The topological polar surface area (TPSA) is 81.2 Å². The monoisotopic (exact) mass is 312 g/mol. The zero-order chi connectivity index (χ0) is 15.2. The number of aromatic nitrogens is 2. The van der Waals surface area contributed by atoms with E-state index >= 15 is 0 Å². The van der Waals surface area contributed by atoms with Crippen LogP contribution in [0.5, 0.6) is 0 Å². The fourth-order valence-electron chi connectivity index (χ4n) is 3.93. The standard InChI is InChI=1S/C14H24N4O2S/c1-10-13(14(15)16-17(10)2)21(19,20)18-9-5-8-12(18)11-6-3-4-7-11/h11-12H,3-9H2,1-2H3,(H2,15,16). The van der Waals surface area contributed by atoms with Crippen molar-refractivity contribution >= 4 is 15.8 Å². The van der Waals surface area contributed by atoms with E-state index in [9.17, 15) is 8.42 Å². The predicted molar refractivity (Wildman–Crippen MR) is 81.2 cm³/mol. The molecule has 1 aliphatic heterocycles. The number of rotatable bonds is 3. The normalized spacial score (nSPS) is 25.0.